The second kappa shape index (κ2) is 8.23. The quantitative estimate of drug-likeness (QED) is 0.768. The van der Waals surface area contributed by atoms with Crippen LogP contribution in [-0.2, 0) is 10.0 Å². The molecular weight excluding hydrogens is 332 g/mol. The molecule has 0 aromatic heterocycles. The van der Waals surface area contributed by atoms with E-state index in [1.54, 1.807) is 0 Å². The number of nitrogens with zero attached hydrogens (tertiary/aromatic N) is 1. The van der Waals surface area contributed by atoms with Crippen molar-refractivity contribution in [2.45, 2.75) is 32.7 Å². The minimum Gasteiger partial charge on any atom is -0.493 e. The van der Waals surface area contributed by atoms with Crippen LogP contribution in [0.5, 0.6) is 11.5 Å². The van der Waals surface area contributed by atoms with E-state index in [1.807, 2.05) is 13.8 Å². The Balaban J connectivity index is 3.41. The van der Waals surface area contributed by atoms with Crippen molar-refractivity contribution in [3.63, 3.8) is 0 Å². The third-order valence-electron chi connectivity index (χ3n) is 3.68. The number of methoxy groups -OCH3 is 2. The Bertz CT molecular complexity index is 688. The number of sulfonamides is 1. The van der Waals surface area contributed by atoms with E-state index in [4.69, 9.17) is 9.47 Å². The van der Waals surface area contributed by atoms with Gasteiger partial charge in [-0.25, -0.2) is 8.42 Å². The molecule has 1 aromatic rings. The summed E-state index contributed by atoms with van der Waals surface area (Å²) in [6.45, 7) is 3.93. The van der Waals surface area contributed by atoms with Gasteiger partial charge >= 0.3 is 0 Å². The maximum absolute atomic E-state index is 12.6. The van der Waals surface area contributed by atoms with Gasteiger partial charge in [-0.3, -0.25) is 9.10 Å². The molecule has 0 aliphatic carbocycles. The van der Waals surface area contributed by atoms with Crippen LogP contribution in [-0.4, -0.2) is 47.9 Å². The summed E-state index contributed by atoms with van der Waals surface area (Å²) in [7, 11) is 0.761. The van der Waals surface area contributed by atoms with Crippen LogP contribution in [0.25, 0.3) is 0 Å². The molecule has 0 fully saturated rings. The Labute approximate surface area is 144 Å². The number of hydrogen-bond donors (Lipinski definition) is 1. The fourth-order valence-corrected chi connectivity index (χ4v) is 2.80. The molecule has 24 heavy (non-hydrogen) atoms. The van der Waals surface area contributed by atoms with Gasteiger partial charge in [0.05, 0.1) is 31.7 Å². The summed E-state index contributed by atoms with van der Waals surface area (Å²) < 4.78 is 35.3. The lowest BCUT2D eigenvalue weighted by Crippen LogP contribution is -2.34. The van der Waals surface area contributed by atoms with E-state index in [1.165, 1.54) is 33.4 Å². The van der Waals surface area contributed by atoms with E-state index in [9.17, 15) is 13.2 Å². The zero-order chi connectivity index (χ0) is 18.5. The van der Waals surface area contributed by atoms with Gasteiger partial charge in [0, 0.05) is 19.2 Å². The lowest BCUT2D eigenvalue weighted by atomic mass is 10.1. The smallest absolute Gasteiger partial charge is 0.253 e. The van der Waals surface area contributed by atoms with Crippen molar-refractivity contribution in [1.29, 1.82) is 0 Å². The van der Waals surface area contributed by atoms with Crippen LogP contribution in [0.4, 0.5) is 5.69 Å². The first-order chi connectivity index (χ1) is 11.1. The lowest BCUT2D eigenvalue weighted by Gasteiger charge is -2.23. The average molecular weight is 358 g/mol. The summed E-state index contributed by atoms with van der Waals surface area (Å²) in [5, 5.41) is 2.88. The minimum atomic E-state index is -3.54. The molecule has 0 spiro atoms. The molecule has 0 aliphatic heterocycles. The molecule has 8 heteroatoms. The Morgan fingerprint density at radius 2 is 1.79 bits per heavy atom. The predicted molar refractivity (Wildman–Crippen MR) is 94.6 cm³/mol. The van der Waals surface area contributed by atoms with Crippen LogP contribution in [0.2, 0.25) is 0 Å². The van der Waals surface area contributed by atoms with Crippen molar-refractivity contribution < 1.29 is 22.7 Å². The minimum absolute atomic E-state index is 0.0213. The van der Waals surface area contributed by atoms with Crippen molar-refractivity contribution in [3.05, 3.63) is 17.7 Å². The van der Waals surface area contributed by atoms with Crippen LogP contribution in [0.1, 0.15) is 37.0 Å². The van der Waals surface area contributed by atoms with Gasteiger partial charge in [0.2, 0.25) is 10.0 Å². The zero-order valence-corrected chi connectivity index (χ0v) is 15.9. The maximum atomic E-state index is 12.6. The summed E-state index contributed by atoms with van der Waals surface area (Å²) in [4.78, 5) is 12.6. The fraction of sp³-hybridized carbons (Fsp3) is 0.562. The largest absolute Gasteiger partial charge is 0.493 e. The number of carbonyl (C=O) groups excluding carboxylic acids is 1. The molecule has 1 rings (SSSR count). The summed E-state index contributed by atoms with van der Waals surface area (Å²) in [5.74, 6) is 0.347. The van der Waals surface area contributed by atoms with E-state index in [2.05, 4.69) is 5.32 Å². The van der Waals surface area contributed by atoms with Crippen LogP contribution in [0.15, 0.2) is 12.1 Å². The average Bonchev–Trinajstić information content (AvgIpc) is 2.51. The van der Waals surface area contributed by atoms with Gasteiger partial charge in [-0.05, 0) is 19.4 Å². The van der Waals surface area contributed by atoms with Crippen molar-refractivity contribution in [2.24, 2.45) is 0 Å². The van der Waals surface area contributed by atoms with Crippen molar-refractivity contribution in [3.8, 4) is 11.5 Å². The maximum Gasteiger partial charge on any atom is 0.253 e. The number of amides is 1. The molecule has 0 bridgehead atoms. The van der Waals surface area contributed by atoms with Crippen molar-refractivity contribution >= 4 is 21.6 Å². The van der Waals surface area contributed by atoms with Gasteiger partial charge in [0.15, 0.2) is 11.5 Å². The van der Waals surface area contributed by atoms with Gasteiger partial charge in [0.25, 0.3) is 5.91 Å². The number of rotatable bonds is 8. The Morgan fingerprint density at radius 1 is 1.25 bits per heavy atom. The Morgan fingerprint density at radius 3 is 2.25 bits per heavy atom. The third-order valence-corrected chi connectivity index (χ3v) is 4.87. The predicted octanol–water partition coefficient (Wildman–Crippen LogP) is 2.02. The van der Waals surface area contributed by atoms with Gasteiger partial charge in [0.1, 0.15) is 0 Å². The van der Waals surface area contributed by atoms with Crippen LogP contribution < -0.4 is 19.1 Å². The summed E-state index contributed by atoms with van der Waals surface area (Å²) in [6, 6.07) is 2.95. The lowest BCUT2D eigenvalue weighted by molar-refractivity contribution is 0.0938. The summed E-state index contributed by atoms with van der Waals surface area (Å²) in [5.41, 5.74) is 0.444. The highest BCUT2D eigenvalue weighted by atomic mass is 32.2. The van der Waals surface area contributed by atoms with Crippen molar-refractivity contribution in [2.75, 3.05) is 31.8 Å². The molecule has 1 amide bonds. The first-order valence-electron chi connectivity index (χ1n) is 7.66. The topological polar surface area (TPSA) is 84.9 Å². The highest BCUT2D eigenvalue weighted by Crippen LogP contribution is 2.35. The number of nitrogens with one attached hydrogen (secondary N) is 1. The van der Waals surface area contributed by atoms with E-state index in [0.717, 1.165) is 23.4 Å². The molecule has 1 aromatic carbocycles. The standard InChI is InChI=1S/C16H26N2O5S/c1-7-8-11(2)17-16(19)12-9-14(22-4)15(23-5)10-13(12)18(3)24(6,20)21/h9-11H,7-8H2,1-6H3,(H,17,19). The molecule has 0 aliphatic rings. The number of anilines is 1. The highest BCUT2D eigenvalue weighted by molar-refractivity contribution is 7.92. The number of carbonyl (C=O) groups is 1. The van der Waals surface area contributed by atoms with Crippen LogP contribution in [0.3, 0.4) is 0 Å². The van der Waals surface area contributed by atoms with Crippen molar-refractivity contribution in [1.82, 2.24) is 5.32 Å². The molecular formula is C16H26N2O5S. The molecule has 0 heterocycles. The molecule has 0 saturated heterocycles. The zero-order valence-electron chi connectivity index (χ0n) is 15.0. The van der Waals surface area contributed by atoms with Crippen LogP contribution in [0, 0.1) is 0 Å². The molecule has 136 valence electrons. The molecule has 1 unspecified atom stereocenters. The first-order valence-corrected chi connectivity index (χ1v) is 9.51. The van der Waals surface area contributed by atoms with Gasteiger partial charge in [-0.1, -0.05) is 13.3 Å². The Kier molecular flexibility index (Phi) is 6.89. The van der Waals surface area contributed by atoms with Crippen LogP contribution >= 0.6 is 0 Å². The second-order valence-corrected chi connectivity index (χ2v) is 7.63. The molecule has 1 atom stereocenters. The van der Waals surface area contributed by atoms with E-state index >= 15 is 0 Å². The second-order valence-electron chi connectivity index (χ2n) is 5.62. The number of benzene rings is 1. The molecule has 0 radical (unpaired) electrons. The summed E-state index contributed by atoms with van der Waals surface area (Å²) in [6.07, 6.45) is 2.84. The third kappa shape index (κ3) is 4.77. The van der Waals surface area contributed by atoms with Gasteiger partial charge < -0.3 is 14.8 Å². The Hall–Kier alpha value is -1.96. The van der Waals surface area contributed by atoms with E-state index in [-0.39, 0.29) is 23.2 Å². The SMILES string of the molecule is CCCC(C)NC(=O)c1cc(OC)c(OC)cc1N(C)S(C)(=O)=O. The van der Waals surface area contributed by atoms with Gasteiger partial charge in [-0.15, -0.1) is 0 Å². The first kappa shape index (κ1) is 20.1. The van der Waals surface area contributed by atoms with E-state index in [0.29, 0.717) is 11.5 Å². The molecule has 1 N–H and O–H groups in total. The fourth-order valence-electron chi connectivity index (χ4n) is 2.30. The number of hydrogen-bond acceptors (Lipinski definition) is 5. The number of ether oxygens (including phenoxy) is 2. The van der Waals surface area contributed by atoms with Gasteiger partial charge in [-0.2, -0.15) is 0 Å². The summed E-state index contributed by atoms with van der Waals surface area (Å²) >= 11 is 0. The highest BCUT2D eigenvalue weighted by Gasteiger charge is 2.24. The molecule has 0 saturated carbocycles. The molecule has 7 nitrogen and oxygen atoms in total. The normalized spacial score (nSPS) is 12.4. The van der Waals surface area contributed by atoms with E-state index < -0.39 is 10.0 Å². The monoisotopic (exact) mass is 358 g/mol.